The number of aryl methyl sites for hydroxylation is 1. The summed E-state index contributed by atoms with van der Waals surface area (Å²) in [5, 5.41) is 3.40. The number of piperazine rings is 1. The van der Waals surface area contributed by atoms with Gasteiger partial charge in [-0.05, 0) is 32.4 Å². The number of hydrogen-bond acceptors (Lipinski definition) is 5. The van der Waals surface area contributed by atoms with Crippen LogP contribution in [0.5, 0.6) is 0 Å². The van der Waals surface area contributed by atoms with Crippen LogP contribution in [0.4, 0.5) is 5.95 Å². The zero-order valence-electron chi connectivity index (χ0n) is 14.1. The summed E-state index contributed by atoms with van der Waals surface area (Å²) >= 11 is 0. The molecule has 3 heterocycles. The molecule has 0 atom stereocenters. The zero-order chi connectivity index (χ0) is 15.8. The average Bonchev–Trinajstić information content (AvgIpc) is 3.18. The van der Waals surface area contributed by atoms with Crippen molar-refractivity contribution in [2.45, 2.75) is 38.6 Å². The van der Waals surface area contributed by atoms with E-state index in [1.165, 1.54) is 36.6 Å². The molecule has 1 N–H and O–H groups in total. The van der Waals surface area contributed by atoms with Crippen LogP contribution in [0, 0.1) is 6.92 Å². The smallest absolute Gasteiger partial charge is 0.239 e. The maximum Gasteiger partial charge on any atom is 0.239 e. The van der Waals surface area contributed by atoms with Gasteiger partial charge in [0.2, 0.25) is 5.95 Å². The van der Waals surface area contributed by atoms with E-state index in [0.717, 1.165) is 37.8 Å². The molecule has 1 aliphatic heterocycles. The van der Waals surface area contributed by atoms with Gasteiger partial charge in [0.1, 0.15) is 5.65 Å². The minimum absolute atomic E-state index is 0.609. The van der Waals surface area contributed by atoms with Gasteiger partial charge < -0.3 is 9.47 Å². The molecule has 0 spiro atoms. The average molecular weight is 314 g/mol. The topological polar surface area (TPSA) is 49.2 Å². The molecule has 2 aromatic heterocycles. The standard InChI is InChI=1S/C17H26N6/c1-13-12-23(14-5-3-4-6-14)16-15(13)11-18-17(19-16)20-22-9-7-21(2)8-10-22/h11-12,14H,3-10H2,1-2H3,(H,18,19,20). The summed E-state index contributed by atoms with van der Waals surface area (Å²) in [6.07, 6.45) is 9.45. The molecule has 0 aromatic carbocycles. The van der Waals surface area contributed by atoms with E-state index in [4.69, 9.17) is 4.98 Å². The monoisotopic (exact) mass is 314 g/mol. The Balaban J connectivity index is 1.60. The van der Waals surface area contributed by atoms with E-state index < -0.39 is 0 Å². The molecule has 4 rings (SSSR count). The minimum Gasteiger partial charge on any atom is -0.329 e. The molecule has 0 unspecified atom stereocenters. The second-order valence-corrected chi connectivity index (χ2v) is 6.99. The Kier molecular flexibility index (Phi) is 3.95. The van der Waals surface area contributed by atoms with Crippen LogP contribution in [-0.4, -0.2) is 57.7 Å². The first-order valence-corrected chi connectivity index (χ1v) is 8.75. The number of fused-ring (bicyclic) bond motifs is 1. The summed E-state index contributed by atoms with van der Waals surface area (Å²) in [5.41, 5.74) is 5.75. The summed E-state index contributed by atoms with van der Waals surface area (Å²) in [4.78, 5) is 11.7. The molecule has 1 saturated heterocycles. The number of hydrazine groups is 1. The third kappa shape index (κ3) is 2.93. The normalized spacial score (nSPS) is 21.3. The van der Waals surface area contributed by atoms with Crippen LogP contribution in [0.1, 0.15) is 37.3 Å². The molecule has 0 amide bonds. The second-order valence-electron chi connectivity index (χ2n) is 6.99. The number of nitrogens with zero attached hydrogens (tertiary/aromatic N) is 5. The number of nitrogens with one attached hydrogen (secondary N) is 1. The van der Waals surface area contributed by atoms with E-state index in [2.05, 4.69) is 45.1 Å². The fourth-order valence-electron chi connectivity index (χ4n) is 3.76. The van der Waals surface area contributed by atoms with Crippen molar-refractivity contribution in [2.75, 3.05) is 38.7 Å². The van der Waals surface area contributed by atoms with Crippen molar-refractivity contribution < 1.29 is 0 Å². The summed E-state index contributed by atoms with van der Waals surface area (Å²) in [5.74, 6) is 0.722. The lowest BCUT2D eigenvalue weighted by Crippen LogP contribution is -2.47. The lowest BCUT2D eigenvalue weighted by Gasteiger charge is -2.32. The summed E-state index contributed by atoms with van der Waals surface area (Å²) < 4.78 is 2.38. The number of aromatic nitrogens is 3. The largest absolute Gasteiger partial charge is 0.329 e. The highest BCUT2D eigenvalue weighted by molar-refractivity contribution is 5.80. The van der Waals surface area contributed by atoms with Gasteiger partial charge in [0.25, 0.3) is 0 Å². The number of hydrogen-bond donors (Lipinski definition) is 1. The maximum absolute atomic E-state index is 4.84. The molecule has 6 nitrogen and oxygen atoms in total. The third-order valence-electron chi connectivity index (χ3n) is 5.25. The molecule has 2 aliphatic rings. The minimum atomic E-state index is 0.609. The van der Waals surface area contributed by atoms with Crippen molar-refractivity contribution in [3.63, 3.8) is 0 Å². The van der Waals surface area contributed by atoms with Crippen LogP contribution < -0.4 is 5.43 Å². The molecule has 2 fully saturated rings. The van der Waals surface area contributed by atoms with E-state index in [1.54, 1.807) is 0 Å². The van der Waals surface area contributed by atoms with Gasteiger partial charge in [-0.3, -0.25) is 5.43 Å². The molecular formula is C17H26N6. The molecule has 6 heteroatoms. The van der Waals surface area contributed by atoms with Crippen molar-refractivity contribution in [1.29, 1.82) is 0 Å². The van der Waals surface area contributed by atoms with Crippen molar-refractivity contribution in [3.8, 4) is 0 Å². The third-order valence-corrected chi connectivity index (χ3v) is 5.25. The fraction of sp³-hybridized carbons (Fsp3) is 0.647. The quantitative estimate of drug-likeness (QED) is 0.943. The van der Waals surface area contributed by atoms with E-state index >= 15 is 0 Å². The molecule has 2 aromatic rings. The first-order chi connectivity index (χ1) is 11.2. The predicted octanol–water partition coefficient (Wildman–Crippen LogP) is 2.43. The summed E-state index contributed by atoms with van der Waals surface area (Å²) in [6, 6.07) is 0.609. The Labute approximate surface area is 137 Å². The van der Waals surface area contributed by atoms with Gasteiger partial charge in [-0.1, -0.05) is 12.8 Å². The highest BCUT2D eigenvalue weighted by Crippen LogP contribution is 2.33. The second kappa shape index (κ2) is 6.09. The van der Waals surface area contributed by atoms with Gasteiger partial charge in [0.05, 0.1) is 0 Å². The first kappa shape index (κ1) is 14.9. The number of likely N-dealkylation sites (N-methyl/N-ethyl adjacent to an activating group) is 1. The van der Waals surface area contributed by atoms with Crippen LogP contribution in [-0.2, 0) is 0 Å². The molecule has 0 radical (unpaired) electrons. The van der Waals surface area contributed by atoms with Crippen molar-refractivity contribution in [2.24, 2.45) is 0 Å². The van der Waals surface area contributed by atoms with E-state index in [-0.39, 0.29) is 0 Å². The molecule has 1 aliphatic carbocycles. The van der Waals surface area contributed by atoms with Crippen LogP contribution in [0.2, 0.25) is 0 Å². The van der Waals surface area contributed by atoms with Gasteiger partial charge in [0.15, 0.2) is 0 Å². The van der Waals surface area contributed by atoms with Gasteiger partial charge in [-0.25, -0.2) is 9.99 Å². The Morgan fingerprint density at radius 3 is 2.61 bits per heavy atom. The van der Waals surface area contributed by atoms with Crippen molar-refractivity contribution in [1.82, 2.24) is 24.4 Å². The molecular weight excluding hydrogens is 288 g/mol. The Morgan fingerprint density at radius 2 is 1.87 bits per heavy atom. The van der Waals surface area contributed by atoms with Crippen LogP contribution in [0.15, 0.2) is 12.4 Å². The molecule has 0 bridgehead atoms. The van der Waals surface area contributed by atoms with Crippen molar-refractivity contribution >= 4 is 17.0 Å². The summed E-state index contributed by atoms with van der Waals surface area (Å²) in [7, 11) is 2.16. The first-order valence-electron chi connectivity index (χ1n) is 8.75. The molecule has 23 heavy (non-hydrogen) atoms. The van der Waals surface area contributed by atoms with Gasteiger partial charge >= 0.3 is 0 Å². The fourth-order valence-corrected chi connectivity index (χ4v) is 3.76. The number of rotatable bonds is 3. The molecule has 124 valence electrons. The Morgan fingerprint density at radius 1 is 1.13 bits per heavy atom. The lowest BCUT2D eigenvalue weighted by molar-refractivity contribution is 0.178. The van der Waals surface area contributed by atoms with E-state index in [0.29, 0.717) is 6.04 Å². The van der Waals surface area contributed by atoms with Gasteiger partial charge in [-0.2, -0.15) is 4.98 Å². The van der Waals surface area contributed by atoms with Crippen molar-refractivity contribution in [3.05, 3.63) is 18.0 Å². The van der Waals surface area contributed by atoms with Gasteiger partial charge in [0, 0.05) is 50.0 Å². The highest BCUT2D eigenvalue weighted by atomic mass is 15.6. The van der Waals surface area contributed by atoms with Crippen LogP contribution in [0.25, 0.3) is 11.0 Å². The lowest BCUT2D eigenvalue weighted by atomic mass is 10.2. The Hall–Kier alpha value is -1.66. The van der Waals surface area contributed by atoms with E-state index in [9.17, 15) is 0 Å². The van der Waals surface area contributed by atoms with Gasteiger partial charge in [-0.15, -0.1) is 0 Å². The van der Waals surface area contributed by atoms with E-state index in [1.807, 2.05) is 6.20 Å². The predicted molar refractivity (Wildman–Crippen MR) is 92.5 cm³/mol. The highest BCUT2D eigenvalue weighted by Gasteiger charge is 2.21. The number of anilines is 1. The SMILES string of the molecule is Cc1cn(C2CCCC2)c2nc(NN3CCN(C)CC3)ncc12. The Bertz CT molecular complexity index is 680. The zero-order valence-corrected chi connectivity index (χ0v) is 14.1. The van der Waals surface area contributed by atoms with Crippen LogP contribution in [0.3, 0.4) is 0 Å². The molecule has 1 saturated carbocycles. The summed E-state index contributed by atoms with van der Waals surface area (Å²) in [6.45, 7) is 6.31. The van der Waals surface area contributed by atoms with Crippen LogP contribution >= 0.6 is 0 Å². The maximum atomic E-state index is 4.84.